The van der Waals surface area contributed by atoms with Gasteiger partial charge in [-0.25, -0.2) is 0 Å². The summed E-state index contributed by atoms with van der Waals surface area (Å²) in [6.45, 7) is 2.24. The molecule has 1 unspecified atom stereocenters. The first kappa shape index (κ1) is 16.4. The van der Waals surface area contributed by atoms with E-state index in [1.807, 2.05) is 6.92 Å². The summed E-state index contributed by atoms with van der Waals surface area (Å²) >= 11 is 0. The summed E-state index contributed by atoms with van der Waals surface area (Å²) in [6, 6.07) is 6.29. The molecule has 0 saturated carbocycles. The number of halogens is 1. The maximum Gasteiger partial charge on any atom is 0.253 e. The van der Waals surface area contributed by atoms with Gasteiger partial charge in [-0.15, -0.1) is 12.4 Å². The molecule has 0 aromatic heterocycles. The zero-order valence-electron chi connectivity index (χ0n) is 10.4. The van der Waals surface area contributed by atoms with Crippen molar-refractivity contribution in [2.45, 2.75) is 13.0 Å². The lowest BCUT2D eigenvalue weighted by Gasteiger charge is -2.23. The molecule has 0 aliphatic carbocycles. The smallest absolute Gasteiger partial charge is 0.253 e. The summed E-state index contributed by atoms with van der Waals surface area (Å²) in [5.41, 5.74) is 11.4. The lowest BCUT2D eigenvalue weighted by atomic mass is 10.1. The third-order valence-electron chi connectivity index (χ3n) is 2.72. The van der Waals surface area contributed by atoms with Crippen LogP contribution in [0.5, 0.6) is 0 Å². The van der Waals surface area contributed by atoms with Crippen molar-refractivity contribution in [2.24, 2.45) is 11.5 Å². The topological polar surface area (TPSA) is 89.4 Å². The van der Waals surface area contributed by atoms with Gasteiger partial charge in [-0.1, -0.05) is 6.07 Å². The molecule has 0 radical (unpaired) electrons. The molecular formula is C12H18ClN3O2. The number of primary amides is 1. The minimum Gasteiger partial charge on any atom is -0.366 e. The molecule has 0 heterocycles. The maximum atomic E-state index is 12.0. The zero-order valence-corrected chi connectivity index (χ0v) is 11.2. The van der Waals surface area contributed by atoms with E-state index in [-0.39, 0.29) is 24.4 Å². The first-order chi connectivity index (χ1) is 7.97. The predicted octanol–water partition coefficient (Wildman–Crippen LogP) is 0.626. The van der Waals surface area contributed by atoms with Gasteiger partial charge in [-0.2, -0.15) is 0 Å². The van der Waals surface area contributed by atoms with E-state index >= 15 is 0 Å². The van der Waals surface area contributed by atoms with Crippen molar-refractivity contribution >= 4 is 24.2 Å². The Morgan fingerprint density at radius 3 is 2.39 bits per heavy atom. The van der Waals surface area contributed by atoms with Gasteiger partial charge in [0.25, 0.3) is 5.91 Å². The largest absolute Gasteiger partial charge is 0.366 e. The molecular weight excluding hydrogens is 254 g/mol. The Balaban J connectivity index is 0.00000289. The van der Waals surface area contributed by atoms with Crippen molar-refractivity contribution in [3.63, 3.8) is 0 Å². The van der Waals surface area contributed by atoms with Gasteiger partial charge in [0.1, 0.15) is 0 Å². The van der Waals surface area contributed by atoms with Crippen LogP contribution in [0.1, 0.15) is 27.6 Å². The Labute approximate surface area is 113 Å². The quantitative estimate of drug-likeness (QED) is 0.841. The highest BCUT2D eigenvalue weighted by Crippen LogP contribution is 2.09. The Bertz CT molecular complexity index is 437. The van der Waals surface area contributed by atoms with Crippen molar-refractivity contribution in [3.8, 4) is 0 Å². The van der Waals surface area contributed by atoms with Crippen LogP contribution >= 0.6 is 12.4 Å². The van der Waals surface area contributed by atoms with Gasteiger partial charge < -0.3 is 16.4 Å². The number of carbonyl (C=O) groups is 2. The molecule has 6 heteroatoms. The van der Waals surface area contributed by atoms with Crippen LogP contribution < -0.4 is 11.5 Å². The summed E-state index contributed by atoms with van der Waals surface area (Å²) in [5.74, 6) is -0.722. The number of nitrogens with two attached hydrogens (primary N) is 2. The van der Waals surface area contributed by atoms with Gasteiger partial charge in [0.05, 0.1) is 0 Å². The molecule has 4 N–H and O–H groups in total. The average Bonchev–Trinajstić information content (AvgIpc) is 2.36. The second kappa shape index (κ2) is 6.98. The Morgan fingerprint density at radius 1 is 1.33 bits per heavy atom. The molecule has 2 amide bonds. The van der Waals surface area contributed by atoms with Gasteiger partial charge in [-0.05, 0) is 25.1 Å². The molecule has 100 valence electrons. The molecule has 1 aromatic carbocycles. The third-order valence-corrected chi connectivity index (χ3v) is 2.72. The van der Waals surface area contributed by atoms with E-state index in [1.54, 1.807) is 30.1 Å². The van der Waals surface area contributed by atoms with Crippen LogP contribution in [0.4, 0.5) is 0 Å². The van der Waals surface area contributed by atoms with Crippen LogP contribution in [0.25, 0.3) is 0 Å². The lowest BCUT2D eigenvalue weighted by molar-refractivity contribution is 0.0748. The van der Waals surface area contributed by atoms with Crippen molar-refractivity contribution < 1.29 is 9.59 Å². The van der Waals surface area contributed by atoms with E-state index in [4.69, 9.17) is 11.5 Å². The Kier molecular flexibility index (Phi) is 6.36. The number of hydrogen-bond donors (Lipinski definition) is 2. The normalized spacial score (nSPS) is 11.3. The lowest BCUT2D eigenvalue weighted by Crippen LogP contribution is -2.39. The molecule has 1 rings (SSSR count). The van der Waals surface area contributed by atoms with Crippen molar-refractivity contribution in [1.82, 2.24) is 4.90 Å². The summed E-state index contributed by atoms with van der Waals surface area (Å²) in [4.78, 5) is 24.6. The second-order valence-electron chi connectivity index (χ2n) is 3.95. The van der Waals surface area contributed by atoms with E-state index in [0.717, 1.165) is 0 Å². The van der Waals surface area contributed by atoms with Gasteiger partial charge in [-0.3, -0.25) is 9.59 Å². The summed E-state index contributed by atoms with van der Waals surface area (Å²) < 4.78 is 0. The number of nitrogens with zero attached hydrogens (tertiary/aromatic N) is 1. The summed E-state index contributed by atoms with van der Waals surface area (Å²) in [7, 11) is 1.68. The third kappa shape index (κ3) is 3.72. The first-order valence-electron chi connectivity index (χ1n) is 5.34. The summed E-state index contributed by atoms with van der Waals surface area (Å²) in [5, 5.41) is 0. The van der Waals surface area contributed by atoms with E-state index in [9.17, 15) is 9.59 Å². The van der Waals surface area contributed by atoms with Gasteiger partial charge >= 0.3 is 0 Å². The van der Waals surface area contributed by atoms with Gasteiger partial charge in [0.2, 0.25) is 5.91 Å². The van der Waals surface area contributed by atoms with Crippen LogP contribution in [0, 0.1) is 0 Å². The Hall–Kier alpha value is -1.59. The van der Waals surface area contributed by atoms with E-state index in [1.165, 1.54) is 6.07 Å². The fourth-order valence-electron chi connectivity index (χ4n) is 1.37. The Morgan fingerprint density at radius 2 is 1.89 bits per heavy atom. The van der Waals surface area contributed by atoms with Crippen molar-refractivity contribution in [2.75, 3.05) is 13.6 Å². The highest BCUT2D eigenvalue weighted by molar-refractivity contribution is 5.99. The number of likely N-dealkylation sites (N-methyl/N-ethyl adjacent to an activating group) is 1. The minimum atomic E-state index is -0.547. The fraction of sp³-hybridized carbons (Fsp3) is 0.333. The number of carbonyl (C=O) groups excluding carboxylic acids is 2. The molecule has 0 aliphatic rings. The van der Waals surface area contributed by atoms with E-state index in [2.05, 4.69) is 0 Å². The minimum absolute atomic E-state index is 0. The van der Waals surface area contributed by atoms with Gasteiger partial charge in [0, 0.05) is 30.8 Å². The van der Waals surface area contributed by atoms with Crippen LogP contribution in [-0.4, -0.2) is 36.3 Å². The van der Waals surface area contributed by atoms with E-state index in [0.29, 0.717) is 17.7 Å². The molecule has 1 atom stereocenters. The monoisotopic (exact) mass is 271 g/mol. The SMILES string of the molecule is CC(CN)N(C)C(=O)c1cccc(C(N)=O)c1.Cl. The molecule has 18 heavy (non-hydrogen) atoms. The number of benzene rings is 1. The maximum absolute atomic E-state index is 12.0. The number of rotatable bonds is 4. The van der Waals surface area contributed by atoms with Crippen molar-refractivity contribution in [1.29, 1.82) is 0 Å². The molecule has 0 spiro atoms. The fourth-order valence-corrected chi connectivity index (χ4v) is 1.37. The molecule has 0 aliphatic heterocycles. The highest BCUT2D eigenvalue weighted by Gasteiger charge is 2.16. The predicted molar refractivity (Wildman–Crippen MR) is 72.8 cm³/mol. The van der Waals surface area contributed by atoms with Gasteiger partial charge in [0.15, 0.2) is 0 Å². The highest BCUT2D eigenvalue weighted by atomic mass is 35.5. The van der Waals surface area contributed by atoms with Crippen molar-refractivity contribution in [3.05, 3.63) is 35.4 Å². The zero-order chi connectivity index (χ0) is 13.0. The van der Waals surface area contributed by atoms with Crippen LogP contribution in [0.3, 0.4) is 0 Å². The average molecular weight is 272 g/mol. The molecule has 5 nitrogen and oxygen atoms in total. The molecule has 0 saturated heterocycles. The number of amides is 2. The van der Waals surface area contributed by atoms with Crippen LogP contribution in [0.15, 0.2) is 24.3 Å². The van der Waals surface area contributed by atoms with Crippen LogP contribution in [0.2, 0.25) is 0 Å². The van der Waals surface area contributed by atoms with Crippen LogP contribution in [-0.2, 0) is 0 Å². The molecule has 1 aromatic rings. The molecule has 0 fully saturated rings. The summed E-state index contributed by atoms with van der Waals surface area (Å²) in [6.07, 6.45) is 0. The standard InChI is InChI=1S/C12H17N3O2.ClH/c1-8(7-13)15(2)12(17)10-5-3-4-9(6-10)11(14)16;/h3-6,8H,7,13H2,1-2H3,(H2,14,16);1H. The van der Waals surface area contributed by atoms with E-state index < -0.39 is 5.91 Å². The first-order valence-corrected chi connectivity index (χ1v) is 5.34. The molecule has 0 bridgehead atoms. The second-order valence-corrected chi connectivity index (χ2v) is 3.95. The number of hydrogen-bond acceptors (Lipinski definition) is 3.